The van der Waals surface area contributed by atoms with Crippen molar-refractivity contribution in [3.8, 4) is 11.5 Å². The van der Waals surface area contributed by atoms with Gasteiger partial charge < -0.3 is 19.1 Å². The van der Waals surface area contributed by atoms with Gasteiger partial charge in [0, 0.05) is 12.8 Å². The maximum atomic E-state index is 10.3. The van der Waals surface area contributed by atoms with Crippen LogP contribution in [0.15, 0.2) is 59.8 Å². The Morgan fingerprint density at radius 1 is 1.04 bits per heavy atom. The first-order valence-electron chi connectivity index (χ1n) is 8.18. The molecule has 0 fully saturated rings. The molecule has 1 atom stereocenters. The van der Waals surface area contributed by atoms with Gasteiger partial charge in [0.05, 0.1) is 13.2 Å². The average molecular weight is 371 g/mol. The van der Waals surface area contributed by atoms with Crippen LogP contribution in [0, 0.1) is 0 Å². The van der Waals surface area contributed by atoms with Gasteiger partial charge in [0.2, 0.25) is 0 Å². The van der Waals surface area contributed by atoms with Gasteiger partial charge in [-0.2, -0.15) is 0 Å². The van der Waals surface area contributed by atoms with Crippen molar-refractivity contribution < 1.29 is 14.6 Å². The molecule has 1 aromatic heterocycles. The Labute approximate surface area is 156 Å². The maximum Gasteiger partial charge on any atom is 0.191 e. The molecule has 6 nitrogen and oxygen atoms in total. The lowest BCUT2D eigenvalue weighted by Gasteiger charge is -2.10. The molecule has 0 aliphatic carbocycles. The smallest absolute Gasteiger partial charge is 0.191 e. The van der Waals surface area contributed by atoms with Gasteiger partial charge in [-0.1, -0.05) is 42.1 Å². The van der Waals surface area contributed by atoms with E-state index in [1.54, 1.807) is 7.11 Å². The summed E-state index contributed by atoms with van der Waals surface area (Å²) in [5, 5.41) is 19.4. The van der Waals surface area contributed by atoms with E-state index in [4.69, 9.17) is 9.47 Å². The van der Waals surface area contributed by atoms with Crippen LogP contribution in [0.2, 0.25) is 0 Å². The Kier molecular flexibility index (Phi) is 6.14. The molecular weight excluding hydrogens is 350 g/mol. The number of benzene rings is 2. The van der Waals surface area contributed by atoms with Crippen molar-refractivity contribution in [1.82, 2.24) is 14.8 Å². The fraction of sp³-hybridized carbons (Fsp3) is 0.263. The number of aliphatic hydroxyl groups excluding tert-OH is 1. The van der Waals surface area contributed by atoms with Crippen LogP contribution in [-0.4, -0.2) is 32.7 Å². The molecule has 3 aromatic rings. The Hall–Kier alpha value is -2.51. The molecule has 0 amide bonds. The quantitative estimate of drug-likeness (QED) is 0.613. The second-order valence-electron chi connectivity index (χ2n) is 5.66. The third kappa shape index (κ3) is 4.56. The monoisotopic (exact) mass is 371 g/mol. The molecule has 7 heteroatoms. The second kappa shape index (κ2) is 8.73. The van der Waals surface area contributed by atoms with Gasteiger partial charge in [0.15, 0.2) is 11.0 Å². The molecule has 0 saturated heterocycles. The maximum absolute atomic E-state index is 10.3. The molecule has 1 heterocycles. The number of aromatic nitrogens is 3. The van der Waals surface area contributed by atoms with Crippen LogP contribution in [0.3, 0.4) is 0 Å². The lowest BCUT2D eigenvalue weighted by atomic mass is 10.1. The summed E-state index contributed by atoms with van der Waals surface area (Å²) in [6, 6.07) is 17.0. The van der Waals surface area contributed by atoms with Gasteiger partial charge >= 0.3 is 0 Å². The van der Waals surface area contributed by atoms with Crippen LogP contribution in [0.5, 0.6) is 11.5 Å². The summed E-state index contributed by atoms with van der Waals surface area (Å²) in [5.41, 5.74) is 0.894. The fourth-order valence-electron chi connectivity index (χ4n) is 2.34. The molecule has 2 aromatic carbocycles. The second-order valence-corrected chi connectivity index (χ2v) is 6.65. The largest absolute Gasteiger partial charge is 0.497 e. The lowest BCUT2D eigenvalue weighted by molar-refractivity contribution is 0.204. The van der Waals surface area contributed by atoms with Crippen molar-refractivity contribution in [2.24, 2.45) is 7.05 Å². The summed E-state index contributed by atoms with van der Waals surface area (Å²) in [5.74, 6) is 2.75. The predicted molar refractivity (Wildman–Crippen MR) is 100 cm³/mol. The van der Waals surface area contributed by atoms with Crippen LogP contribution in [0.25, 0.3) is 0 Å². The summed E-state index contributed by atoms with van der Waals surface area (Å²) >= 11 is 1.46. The highest BCUT2D eigenvalue weighted by atomic mass is 32.2. The normalized spacial score (nSPS) is 12.0. The zero-order valence-corrected chi connectivity index (χ0v) is 15.5. The van der Waals surface area contributed by atoms with E-state index in [0.29, 0.717) is 12.4 Å². The van der Waals surface area contributed by atoms with Crippen LogP contribution >= 0.6 is 11.8 Å². The van der Waals surface area contributed by atoms with E-state index in [1.165, 1.54) is 11.8 Å². The Bertz CT molecular complexity index is 822. The summed E-state index contributed by atoms with van der Waals surface area (Å²) in [7, 11) is 3.52. The van der Waals surface area contributed by atoms with Gasteiger partial charge in [0.1, 0.15) is 18.1 Å². The molecule has 0 aliphatic rings. The molecule has 136 valence electrons. The highest BCUT2D eigenvalue weighted by Gasteiger charge is 2.13. The number of methoxy groups -OCH3 is 1. The molecule has 1 N–H and O–H groups in total. The van der Waals surface area contributed by atoms with Crippen LogP contribution in [-0.2, 0) is 13.7 Å². The average Bonchev–Trinajstić information content (AvgIpc) is 3.05. The minimum atomic E-state index is -0.545. The van der Waals surface area contributed by atoms with E-state index in [-0.39, 0.29) is 0 Å². The lowest BCUT2D eigenvalue weighted by Crippen LogP contribution is -2.05. The molecule has 0 saturated carbocycles. The Morgan fingerprint density at radius 2 is 1.73 bits per heavy atom. The number of aliphatic hydroxyl groups is 1. The predicted octanol–water partition coefficient (Wildman–Crippen LogP) is 3.23. The summed E-state index contributed by atoms with van der Waals surface area (Å²) in [4.78, 5) is 0. The topological polar surface area (TPSA) is 69.4 Å². The molecule has 3 rings (SSSR count). The summed E-state index contributed by atoms with van der Waals surface area (Å²) in [6.45, 7) is 0.317. The first kappa shape index (κ1) is 18.3. The molecule has 0 unspecified atom stereocenters. The van der Waals surface area contributed by atoms with E-state index >= 15 is 0 Å². The third-order valence-corrected chi connectivity index (χ3v) is 5.00. The van der Waals surface area contributed by atoms with Gasteiger partial charge in [-0.05, 0) is 29.8 Å². The van der Waals surface area contributed by atoms with E-state index in [9.17, 15) is 5.11 Å². The molecule has 26 heavy (non-hydrogen) atoms. The number of hydrogen-bond donors (Lipinski definition) is 1. The van der Waals surface area contributed by atoms with E-state index in [0.717, 1.165) is 28.0 Å². The number of rotatable bonds is 8. The molecule has 0 radical (unpaired) electrons. The molecule has 0 spiro atoms. The van der Waals surface area contributed by atoms with Crippen LogP contribution in [0.4, 0.5) is 0 Å². The third-order valence-electron chi connectivity index (χ3n) is 3.91. The molecular formula is C19H21N3O3S. The van der Waals surface area contributed by atoms with Crippen molar-refractivity contribution in [3.63, 3.8) is 0 Å². The van der Waals surface area contributed by atoms with E-state index in [1.807, 2.05) is 66.2 Å². The fourth-order valence-corrected chi connectivity index (χ4v) is 3.24. The Balaban J connectivity index is 1.55. The van der Waals surface area contributed by atoms with E-state index in [2.05, 4.69) is 10.2 Å². The van der Waals surface area contributed by atoms with Crippen molar-refractivity contribution >= 4 is 11.8 Å². The van der Waals surface area contributed by atoms with Crippen molar-refractivity contribution in [2.75, 3.05) is 12.9 Å². The van der Waals surface area contributed by atoms with E-state index < -0.39 is 6.10 Å². The standard InChI is InChI=1S/C19H21N3O3S/c1-22-18(12-25-16-10-8-15(24-2)9-11-16)20-21-19(22)26-13-17(23)14-6-4-3-5-7-14/h3-11,17,23H,12-13H2,1-2H3/t17-/m0/s1. The van der Waals surface area contributed by atoms with Gasteiger partial charge in [0.25, 0.3) is 0 Å². The van der Waals surface area contributed by atoms with Crippen molar-refractivity contribution in [2.45, 2.75) is 17.9 Å². The summed E-state index contributed by atoms with van der Waals surface area (Å²) < 4.78 is 12.8. The molecule has 0 aliphatic heterocycles. The minimum Gasteiger partial charge on any atom is -0.497 e. The van der Waals surface area contributed by atoms with Gasteiger partial charge in [-0.3, -0.25) is 0 Å². The van der Waals surface area contributed by atoms with Crippen molar-refractivity contribution in [3.05, 3.63) is 66.0 Å². The van der Waals surface area contributed by atoms with Gasteiger partial charge in [-0.15, -0.1) is 10.2 Å². The van der Waals surface area contributed by atoms with Crippen LogP contribution < -0.4 is 9.47 Å². The Morgan fingerprint density at radius 3 is 2.42 bits per heavy atom. The zero-order valence-electron chi connectivity index (χ0n) is 14.7. The molecule has 0 bridgehead atoms. The highest BCUT2D eigenvalue weighted by Crippen LogP contribution is 2.24. The zero-order chi connectivity index (χ0) is 18.4. The van der Waals surface area contributed by atoms with Crippen molar-refractivity contribution in [1.29, 1.82) is 0 Å². The van der Waals surface area contributed by atoms with Crippen LogP contribution in [0.1, 0.15) is 17.5 Å². The van der Waals surface area contributed by atoms with Gasteiger partial charge in [-0.25, -0.2) is 0 Å². The number of hydrogen-bond acceptors (Lipinski definition) is 6. The highest BCUT2D eigenvalue weighted by molar-refractivity contribution is 7.99. The number of nitrogens with zero attached hydrogens (tertiary/aromatic N) is 3. The number of ether oxygens (including phenoxy) is 2. The first-order chi connectivity index (χ1) is 12.7. The summed E-state index contributed by atoms with van der Waals surface area (Å²) in [6.07, 6.45) is -0.545. The SMILES string of the molecule is COc1ccc(OCc2nnc(SC[C@H](O)c3ccccc3)n2C)cc1. The number of thioether (sulfide) groups is 1. The first-order valence-corrected chi connectivity index (χ1v) is 9.17. The minimum absolute atomic E-state index is 0.317.